The van der Waals surface area contributed by atoms with Crippen LogP contribution in [0, 0.1) is 11.3 Å². The summed E-state index contributed by atoms with van der Waals surface area (Å²) in [5, 5.41) is 16.0. The van der Waals surface area contributed by atoms with Crippen LogP contribution in [0.2, 0.25) is 0 Å². The summed E-state index contributed by atoms with van der Waals surface area (Å²) < 4.78 is 2.22. The van der Waals surface area contributed by atoms with Crippen LogP contribution >= 0.6 is 11.3 Å². The van der Waals surface area contributed by atoms with Crippen LogP contribution in [-0.2, 0) is 6.54 Å². The van der Waals surface area contributed by atoms with Crippen molar-refractivity contribution in [3.63, 3.8) is 0 Å². The molecule has 122 valence electrons. The van der Waals surface area contributed by atoms with Gasteiger partial charge in [0.1, 0.15) is 0 Å². The van der Waals surface area contributed by atoms with E-state index in [1.54, 1.807) is 11.3 Å². The second-order valence-corrected chi connectivity index (χ2v) is 8.43. The van der Waals surface area contributed by atoms with Gasteiger partial charge < -0.3 is 10.4 Å². The fourth-order valence-corrected chi connectivity index (χ4v) is 3.96. The van der Waals surface area contributed by atoms with E-state index in [0.717, 1.165) is 18.1 Å². The predicted octanol–water partition coefficient (Wildman–Crippen LogP) is 3.41. The Balaban J connectivity index is 1.69. The minimum absolute atomic E-state index is 0.133. The number of thiazole rings is 1. The average Bonchev–Trinajstić information content (AvgIpc) is 3.10. The molecule has 0 bridgehead atoms. The molecule has 5 heteroatoms. The average molecular weight is 321 g/mol. The van der Waals surface area contributed by atoms with Crippen LogP contribution in [0.3, 0.4) is 0 Å². The molecule has 2 aromatic rings. The summed E-state index contributed by atoms with van der Waals surface area (Å²) in [5.41, 5.74) is 2.45. The third kappa shape index (κ3) is 3.07. The topological polar surface area (TPSA) is 49.6 Å². The van der Waals surface area contributed by atoms with Crippen LogP contribution in [0.5, 0.6) is 0 Å². The number of fused-ring (bicyclic) bond motifs is 1. The molecule has 0 aromatic carbocycles. The number of nitrogens with zero attached hydrogens (tertiary/aromatic N) is 2. The van der Waals surface area contributed by atoms with Crippen molar-refractivity contribution in [2.45, 2.75) is 59.1 Å². The molecule has 0 radical (unpaired) electrons. The van der Waals surface area contributed by atoms with E-state index in [2.05, 4.69) is 49.0 Å². The molecule has 1 aliphatic rings. The van der Waals surface area contributed by atoms with E-state index >= 15 is 0 Å². The van der Waals surface area contributed by atoms with Crippen LogP contribution < -0.4 is 5.32 Å². The largest absolute Gasteiger partial charge is 0.392 e. The second kappa shape index (κ2) is 5.95. The molecule has 2 aromatic heterocycles. The molecule has 2 heterocycles. The van der Waals surface area contributed by atoms with E-state index in [0.29, 0.717) is 5.92 Å². The standard InChI is InChI=1S/C17H27N3OS/c1-11(2)15(21)17(3,4)10-18-9-13-14(12-5-6-12)19-16-20(13)7-8-22-16/h7-8,11-12,15,18,21H,5-6,9-10H2,1-4H3. The number of aliphatic hydroxyl groups excluding tert-OH is 1. The van der Waals surface area contributed by atoms with Crippen LogP contribution in [0.1, 0.15) is 57.8 Å². The first-order chi connectivity index (χ1) is 10.4. The number of aliphatic hydroxyl groups is 1. The highest BCUT2D eigenvalue weighted by atomic mass is 32.1. The van der Waals surface area contributed by atoms with Crippen molar-refractivity contribution in [2.24, 2.45) is 11.3 Å². The molecule has 1 saturated carbocycles. The maximum Gasteiger partial charge on any atom is 0.194 e. The highest BCUT2D eigenvalue weighted by Crippen LogP contribution is 2.41. The van der Waals surface area contributed by atoms with Gasteiger partial charge in [0, 0.05) is 36.0 Å². The molecule has 1 unspecified atom stereocenters. The zero-order valence-corrected chi connectivity index (χ0v) is 14.8. The van der Waals surface area contributed by atoms with E-state index in [1.165, 1.54) is 24.2 Å². The molecule has 1 fully saturated rings. The predicted molar refractivity (Wildman–Crippen MR) is 91.4 cm³/mol. The van der Waals surface area contributed by atoms with Crippen molar-refractivity contribution in [3.05, 3.63) is 23.0 Å². The summed E-state index contributed by atoms with van der Waals surface area (Å²) in [4.78, 5) is 5.90. The highest BCUT2D eigenvalue weighted by Gasteiger charge is 2.32. The number of imidazole rings is 1. The minimum atomic E-state index is -0.297. The molecule has 2 N–H and O–H groups in total. The van der Waals surface area contributed by atoms with E-state index in [9.17, 15) is 5.11 Å². The van der Waals surface area contributed by atoms with Gasteiger partial charge >= 0.3 is 0 Å². The first-order valence-corrected chi connectivity index (χ1v) is 9.11. The Morgan fingerprint density at radius 2 is 2.18 bits per heavy atom. The molecule has 0 aliphatic heterocycles. The molecule has 0 spiro atoms. The summed E-state index contributed by atoms with van der Waals surface area (Å²) in [5.74, 6) is 0.940. The van der Waals surface area contributed by atoms with Gasteiger partial charge in [-0.15, -0.1) is 11.3 Å². The highest BCUT2D eigenvalue weighted by molar-refractivity contribution is 7.15. The number of nitrogens with one attached hydrogen (secondary N) is 1. The molecule has 0 saturated heterocycles. The number of hydrogen-bond donors (Lipinski definition) is 2. The van der Waals surface area contributed by atoms with E-state index in [4.69, 9.17) is 4.98 Å². The maximum atomic E-state index is 10.3. The Bertz CT molecular complexity index is 639. The van der Waals surface area contributed by atoms with E-state index < -0.39 is 0 Å². The lowest BCUT2D eigenvalue weighted by Gasteiger charge is -2.33. The Morgan fingerprint density at radius 1 is 1.45 bits per heavy atom. The van der Waals surface area contributed by atoms with Crippen molar-refractivity contribution >= 4 is 16.3 Å². The second-order valence-electron chi connectivity index (χ2n) is 7.55. The van der Waals surface area contributed by atoms with Gasteiger partial charge in [0.05, 0.1) is 17.5 Å². The Morgan fingerprint density at radius 3 is 2.82 bits per heavy atom. The first kappa shape index (κ1) is 16.0. The smallest absolute Gasteiger partial charge is 0.194 e. The van der Waals surface area contributed by atoms with Crippen LogP contribution in [-0.4, -0.2) is 27.1 Å². The van der Waals surface area contributed by atoms with Gasteiger partial charge in [0.2, 0.25) is 0 Å². The van der Waals surface area contributed by atoms with Crippen LogP contribution in [0.25, 0.3) is 4.96 Å². The van der Waals surface area contributed by atoms with Gasteiger partial charge in [-0.25, -0.2) is 4.98 Å². The molecule has 22 heavy (non-hydrogen) atoms. The summed E-state index contributed by atoms with van der Waals surface area (Å²) >= 11 is 1.70. The number of hydrogen-bond acceptors (Lipinski definition) is 4. The zero-order valence-electron chi connectivity index (χ0n) is 14.0. The van der Waals surface area contributed by atoms with E-state index in [1.807, 2.05) is 0 Å². The first-order valence-electron chi connectivity index (χ1n) is 8.23. The Kier molecular flexibility index (Phi) is 4.32. The summed E-state index contributed by atoms with van der Waals surface area (Å²) in [7, 11) is 0. The van der Waals surface area contributed by atoms with Gasteiger partial charge in [-0.3, -0.25) is 4.40 Å². The van der Waals surface area contributed by atoms with Crippen molar-refractivity contribution in [3.8, 4) is 0 Å². The fraction of sp³-hybridized carbons (Fsp3) is 0.706. The summed E-state index contributed by atoms with van der Waals surface area (Å²) in [6.45, 7) is 10.0. The molecule has 3 rings (SSSR count). The molecule has 1 atom stereocenters. The fourth-order valence-electron chi connectivity index (χ4n) is 3.22. The van der Waals surface area contributed by atoms with Crippen LogP contribution in [0.15, 0.2) is 11.6 Å². The van der Waals surface area contributed by atoms with Crippen molar-refractivity contribution in [1.82, 2.24) is 14.7 Å². The third-order valence-corrected chi connectivity index (χ3v) is 5.42. The quantitative estimate of drug-likeness (QED) is 0.821. The Labute approximate surface area is 136 Å². The molecule has 1 aliphatic carbocycles. The molecular formula is C17H27N3OS. The Hall–Kier alpha value is -0.910. The van der Waals surface area contributed by atoms with Gasteiger partial charge in [-0.05, 0) is 18.8 Å². The molecule has 0 amide bonds. The van der Waals surface area contributed by atoms with Gasteiger partial charge in [0.25, 0.3) is 0 Å². The lowest BCUT2D eigenvalue weighted by atomic mass is 9.81. The van der Waals surface area contributed by atoms with Crippen LogP contribution in [0.4, 0.5) is 0 Å². The van der Waals surface area contributed by atoms with Crippen molar-refractivity contribution < 1.29 is 5.11 Å². The van der Waals surface area contributed by atoms with Gasteiger partial charge in [-0.1, -0.05) is 27.7 Å². The zero-order chi connectivity index (χ0) is 15.9. The van der Waals surface area contributed by atoms with Crippen molar-refractivity contribution in [1.29, 1.82) is 0 Å². The van der Waals surface area contributed by atoms with Gasteiger partial charge in [0.15, 0.2) is 4.96 Å². The molecular weight excluding hydrogens is 294 g/mol. The molecule has 4 nitrogen and oxygen atoms in total. The van der Waals surface area contributed by atoms with Gasteiger partial charge in [-0.2, -0.15) is 0 Å². The van der Waals surface area contributed by atoms with E-state index in [-0.39, 0.29) is 17.4 Å². The summed E-state index contributed by atoms with van der Waals surface area (Å²) in [6.07, 6.45) is 4.36. The lowest BCUT2D eigenvalue weighted by molar-refractivity contribution is 0.0134. The number of aromatic nitrogens is 2. The van der Waals surface area contributed by atoms with Crippen molar-refractivity contribution in [2.75, 3.05) is 6.54 Å². The minimum Gasteiger partial charge on any atom is -0.392 e. The monoisotopic (exact) mass is 321 g/mol. The lowest BCUT2D eigenvalue weighted by Crippen LogP contribution is -2.41. The maximum absolute atomic E-state index is 10.3. The third-order valence-electron chi connectivity index (χ3n) is 4.66. The SMILES string of the molecule is CC(C)C(O)C(C)(C)CNCc1c(C2CC2)nc2sccn12. The summed E-state index contributed by atoms with van der Waals surface area (Å²) in [6, 6.07) is 0. The number of rotatable bonds is 7. The normalized spacial score (nSPS) is 17.5.